The van der Waals surface area contributed by atoms with Crippen LogP contribution < -0.4 is 10.6 Å². The van der Waals surface area contributed by atoms with Crippen molar-refractivity contribution < 1.29 is 9.90 Å². The molecule has 2 heterocycles. The number of hydrazone groups is 1. The Morgan fingerprint density at radius 1 is 1.03 bits per heavy atom. The molecule has 0 saturated carbocycles. The quantitative estimate of drug-likeness (QED) is 0.617. The SMILES string of the molecule is CC1=NN(c2ccccc2)C(=O)C1=Cc1c(O)n(-c2ccc(Cl)c(Cl)c2)[nH]c1=O. The first kappa shape index (κ1) is 19.0. The maximum atomic E-state index is 12.8. The van der Waals surface area contributed by atoms with Crippen molar-refractivity contribution in [1.29, 1.82) is 0 Å². The molecule has 1 aliphatic heterocycles. The van der Waals surface area contributed by atoms with Gasteiger partial charge in [-0.1, -0.05) is 41.4 Å². The fourth-order valence-electron chi connectivity index (χ4n) is 2.95. The third-order valence-corrected chi connectivity index (χ3v) is 5.16. The number of amides is 1. The predicted molar refractivity (Wildman–Crippen MR) is 113 cm³/mol. The van der Waals surface area contributed by atoms with Crippen molar-refractivity contribution in [3.05, 3.63) is 80.1 Å². The highest BCUT2D eigenvalue weighted by Gasteiger charge is 2.29. The minimum atomic E-state index is -0.570. The predicted octanol–water partition coefficient (Wildman–Crippen LogP) is 3.98. The molecule has 1 aromatic heterocycles. The number of aromatic nitrogens is 2. The van der Waals surface area contributed by atoms with Crippen LogP contribution in [0.4, 0.5) is 5.69 Å². The van der Waals surface area contributed by atoms with Gasteiger partial charge >= 0.3 is 0 Å². The Hall–Kier alpha value is -3.29. The molecule has 146 valence electrons. The lowest BCUT2D eigenvalue weighted by molar-refractivity contribution is -0.114. The Kier molecular flexibility index (Phi) is 4.77. The van der Waals surface area contributed by atoms with E-state index in [0.717, 1.165) is 4.68 Å². The van der Waals surface area contributed by atoms with E-state index in [1.165, 1.54) is 17.2 Å². The molecule has 0 radical (unpaired) electrons. The summed E-state index contributed by atoms with van der Waals surface area (Å²) in [5.41, 5.74) is 1.02. The fourth-order valence-corrected chi connectivity index (χ4v) is 3.24. The van der Waals surface area contributed by atoms with Crippen LogP contribution in [0.15, 0.2) is 64.0 Å². The standard InChI is InChI=1S/C20H14Cl2N4O3/c1-11-14(19(28)25(23-11)12-5-3-2-4-6-12)10-15-18(27)24-26(20(15)29)13-7-8-16(21)17(22)9-13/h2-10,29H,1H3,(H,24,27). The van der Waals surface area contributed by atoms with E-state index in [9.17, 15) is 14.7 Å². The van der Waals surface area contributed by atoms with Crippen molar-refractivity contribution in [2.24, 2.45) is 5.10 Å². The van der Waals surface area contributed by atoms with Crippen LogP contribution in [0.5, 0.6) is 5.88 Å². The molecule has 9 heteroatoms. The zero-order valence-corrected chi connectivity index (χ0v) is 16.6. The van der Waals surface area contributed by atoms with Crippen LogP contribution in [0.1, 0.15) is 12.5 Å². The zero-order chi connectivity index (χ0) is 20.7. The lowest BCUT2D eigenvalue weighted by atomic mass is 10.1. The first-order valence-electron chi connectivity index (χ1n) is 8.53. The van der Waals surface area contributed by atoms with Gasteiger partial charge in [-0.3, -0.25) is 14.7 Å². The van der Waals surface area contributed by atoms with Gasteiger partial charge in [0.2, 0.25) is 5.88 Å². The van der Waals surface area contributed by atoms with Gasteiger partial charge in [-0.05, 0) is 43.3 Å². The highest BCUT2D eigenvalue weighted by molar-refractivity contribution is 6.42. The molecule has 0 spiro atoms. The van der Waals surface area contributed by atoms with E-state index in [1.807, 2.05) is 6.07 Å². The summed E-state index contributed by atoms with van der Waals surface area (Å²) < 4.78 is 1.16. The largest absolute Gasteiger partial charge is 0.493 e. The van der Waals surface area contributed by atoms with E-state index in [2.05, 4.69) is 10.2 Å². The monoisotopic (exact) mass is 428 g/mol. The summed E-state index contributed by atoms with van der Waals surface area (Å²) in [6.07, 6.45) is 1.33. The van der Waals surface area contributed by atoms with Crippen molar-refractivity contribution >= 4 is 46.6 Å². The minimum Gasteiger partial charge on any atom is -0.493 e. The molecule has 2 aromatic carbocycles. The number of H-pyrrole nitrogens is 1. The summed E-state index contributed by atoms with van der Waals surface area (Å²) >= 11 is 11.9. The smallest absolute Gasteiger partial charge is 0.280 e. The van der Waals surface area contributed by atoms with Crippen LogP contribution in [0.2, 0.25) is 10.0 Å². The molecule has 1 amide bonds. The molecule has 0 fully saturated rings. The maximum Gasteiger partial charge on any atom is 0.280 e. The van der Waals surface area contributed by atoms with Gasteiger partial charge in [0.25, 0.3) is 11.5 Å². The first-order valence-corrected chi connectivity index (χ1v) is 9.28. The number of hydrogen-bond acceptors (Lipinski definition) is 4. The number of anilines is 1. The van der Waals surface area contributed by atoms with Gasteiger partial charge in [0, 0.05) is 0 Å². The number of nitrogens with one attached hydrogen (secondary N) is 1. The lowest BCUT2D eigenvalue weighted by Gasteiger charge is -2.10. The van der Waals surface area contributed by atoms with Crippen LogP contribution in [-0.4, -0.2) is 26.5 Å². The second-order valence-corrected chi connectivity index (χ2v) is 7.12. The Balaban J connectivity index is 1.75. The van der Waals surface area contributed by atoms with Gasteiger partial charge in [-0.2, -0.15) is 10.1 Å². The number of nitrogens with zero attached hydrogens (tertiary/aromatic N) is 3. The normalized spacial score (nSPS) is 15.3. The van der Waals surface area contributed by atoms with Crippen LogP contribution in [0.25, 0.3) is 11.8 Å². The van der Waals surface area contributed by atoms with E-state index >= 15 is 0 Å². The molecular formula is C20H14Cl2N4O3. The van der Waals surface area contributed by atoms with Crippen molar-refractivity contribution in [2.75, 3.05) is 5.01 Å². The molecule has 29 heavy (non-hydrogen) atoms. The molecule has 2 N–H and O–H groups in total. The molecule has 0 unspecified atom stereocenters. The summed E-state index contributed by atoms with van der Waals surface area (Å²) in [4.78, 5) is 25.2. The average Bonchev–Trinajstić information content (AvgIpc) is 3.15. The Morgan fingerprint density at radius 2 is 1.76 bits per heavy atom. The zero-order valence-electron chi connectivity index (χ0n) is 15.1. The molecule has 4 rings (SSSR count). The number of carbonyl (C=O) groups excluding carboxylic acids is 1. The van der Waals surface area contributed by atoms with Crippen molar-refractivity contribution in [3.8, 4) is 11.6 Å². The molecule has 0 saturated heterocycles. The van der Waals surface area contributed by atoms with Crippen molar-refractivity contribution in [1.82, 2.24) is 9.78 Å². The number of aromatic hydroxyl groups is 1. The number of para-hydroxylation sites is 1. The molecule has 0 aliphatic carbocycles. The summed E-state index contributed by atoms with van der Waals surface area (Å²) in [6, 6.07) is 13.6. The molecule has 1 aliphatic rings. The Labute approximate surface area is 175 Å². The summed E-state index contributed by atoms with van der Waals surface area (Å²) in [6.45, 7) is 1.66. The topological polar surface area (TPSA) is 90.7 Å². The number of benzene rings is 2. The van der Waals surface area contributed by atoms with Gasteiger partial charge < -0.3 is 5.11 Å². The maximum absolute atomic E-state index is 12.8. The number of aromatic amines is 1. The highest BCUT2D eigenvalue weighted by Crippen LogP contribution is 2.29. The summed E-state index contributed by atoms with van der Waals surface area (Å²) in [7, 11) is 0. The van der Waals surface area contributed by atoms with E-state index in [4.69, 9.17) is 23.2 Å². The van der Waals surface area contributed by atoms with Gasteiger partial charge in [0.05, 0.1) is 32.7 Å². The van der Waals surface area contributed by atoms with Crippen LogP contribution >= 0.6 is 23.2 Å². The molecule has 0 bridgehead atoms. The second-order valence-electron chi connectivity index (χ2n) is 6.31. The van der Waals surface area contributed by atoms with E-state index in [1.54, 1.807) is 43.3 Å². The van der Waals surface area contributed by atoms with Crippen LogP contribution in [0, 0.1) is 0 Å². The molecule has 0 atom stereocenters. The molecule has 7 nitrogen and oxygen atoms in total. The molecular weight excluding hydrogens is 415 g/mol. The summed E-state index contributed by atoms with van der Waals surface area (Å²) in [5, 5.41) is 19.2. The third kappa shape index (κ3) is 3.35. The Morgan fingerprint density at radius 3 is 2.45 bits per heavy atom. The fraction of sp³-hybridized carbons (Fsp3) is 0.0500. The van der Waals surface area contributed by atoms with E-state index in [0.29, 0.717) is 22.1 Å². The van der Waals surface area contributed by atoms with Gasteiger partial charge in [-0.25, -0.2) is 4.68 Å². The second kappa shape index (κ2) is 7.27. The number of hydrogen-bond donors (Lipinski definition) is 2. The van der Waals surface area contributed by atoms with Gasteiger partial charge in [0.15, 0.2) is 0 Å². The van der Waals surface area contributed by atoms with Gasteiger partial charge in [0.1, 0.15) is 5.56 Å². The average molecular weight is 429 g/mol. The lowest BCUT2D eigenvalue weighted by Crippen LogP contribution is -2.21. The molecule has 3 aromatic rings. The highest BCUT2D eigenvalue weighted by atomic mass is 35.5. The number of halogens is 2. The first-order chi connectivity index (χ1) is 13.9. The number of rotatable bonds is 3. The van der Waals surface area contributed by atoms with E-state index < -0.39 is 11.5 Å². The van der Waals surface area contributed by atoms with Crippen LogP contribution in [0.3, 0.4) is 0 Å². The van der Waals surface area contributed by atoms with Crippen molar-refractivity contribution in [2.45, 2.75) is 6.92 Å². The number of carbonyl (C=O) groups is 1. The van der Waals surface area contributed by atoms with E-state index in [-0.39, 0.29) is 22.0 Å². The van der Waals surface area contributed by atoms with Crippen molar-refractivity contribution in [3.63, 3.8) is 0 Å². The third-order valence-electron chi connectivity index (χ3n) is 4.42. The summed E-state index contributed by atoms with van der Waals surface area (Å²) in [5.74, 6) is -0.755. The Bertz CT molecular complexity index is 1240. The van der Waals surface area contributed by atoms with Crippen LogP contribution in [-0.2, 0) is 4.79 Å². The minimum absolute atomic E-state index is 0.0658. The van der Waals surface area contributed by atoms with Gasteiger partial charge in [-0.15, -0.1) is 0 Å².